The van der Waals surface area contributed by atoms with Crippen LogP contribution in [0.5, 0.6) is 0 Å². The molecular weight excluding hydrogens is 528 g/mol. The van der Waals surface area contributed by atoms with E-state index in [4.69, 9.17) is 5.73 Å². The molecule has 42 heavy (non-hydrogen) atoms. The lowest BCUT2D eigenvalue weighted by Gasteiger charge is -2.19. The van der Waals surface area contributed by atoms with Gasteiger partial charge in [0.1, 0.15) is 0 Å². The van der Waals surface area contributed by atoms with Crippen LogP contribution in [0.3, 0.4) is 0 Å². The van der Waals surface area contributed by atoms with Crippen molar-refractivity contribution in [1.82, 2.24) is 14.5 Å². The number of benzene rings is 3. The molecule has 9 heteroatoms. The van der Waals surface area contributed by atoms with Crippen LogP contribution in [0.1, 0.15) is 59.5 Å². The molecule has 0 aliphatic heterocycles. The number of carbonyl (C=O) groups excluding carboxylic acids is 2. The topological polar surface area (TPSA) is 122 Å². The first-order valence-electron chi connectivity index (χ1n) is 13.8. The molecule has 3 aromatic carbocycles. The Bertz CT molecular complexity index is 1700. The van der Waals surface area contributed by atoms with Crippen LogP contribution in [0.2, 0.25) is 0 Å². The Morgan fingerprint density at radius 1 is 1.05 bits per heavy atom. The Morgan fingerprint density at radius 2 is 1.74 bits per heavy atom. The molecule has 1 aromatic heterocycles. The first-order chi connectivity index (χ1) is 19.8. The van der Waals surface area contributed by atoms with E-state index >= 15 is 0 Å². The number of nitrogens with two attached hydrogens (primary N) is 1. The minimum absolute atomic E-state index is 0.00280. The van der Waals surface area contributed by atoms with Crippen LogP contribution >= 0.6 is 0 Å². The standard InChI is InChI=1S/C33H38N6O3/c1-8-38(6)31(41)25-17-16-23(18-26(25)34)35-29-32(42)39(7)19-28(36-29)24-10-9-11-27(20(24)2)37-30(40)21-12-14-22(15-13-21)33(3,4)5/h9-19H,8,34H2,1-7H3,(H,35,36)(H,37,40). The molecule has 0 aliphatic carbocycles. The smallest absolute Gasteiger partial charge is 0.293 e. The van der Waals surface area contributed by atoms with Crippen molar-refractivity contribution in [3.8, 4) is 11.3 Å². The Balaban J connectivity index is 1.61. The lowest BCUT2D eigenvalue weighted by atomic mass is 9.86. The minimum Gasteiger partial charge on any atom is -0.398 e. The van der Waals surface area contributed by atoms with Crippen LogP contribution < -0.4 is 21.9 Å². The van der Waals surface area contributed by atoms with Gasteiger partial charge in [0, 0.05) is 55.0 Å². The maximum atomic E-state index is 13.1. The fraction of sp³-hybridized carbons (Fsp3) is 0.273. The maximum Gasteiger partial charge on any atom is 0.293 e. The summed E-state index contributed by atoms with van der Waals surface area (Å²) in [5, 5.41) is 6.07. The number of amides is 2. The maximum absolute atomic E-state index is 13.1. The van der Waals surface area contributed by atoms with E-state index in [2.05, 4.69) is 36.4 Å². The molecule has 0 bridgehead atoms. The van der Waals surface area contributed by atoms with Crippen molar-refractivity contribution in [3.05, 3.63) is 99.5 Å². The molecule has 0 spiro atoms. The lowest BCUT2D eigenvalue weighted by molar-refractivity contribution is 0.0803. The summed E-state index contributed by atoms with van der Waals surface area (Å²) in [6.07, 6.45) is 1.66. The van der Waals surface area contributed by atoms with Crippen molar-refractivity contribution in [2.75, 3.05) is 30.0 Å². The average molecular weight is 567 g/mol. The van der Waals surface area contributed by atoms with Crippen molar-refractivity contribution in [2.45, 2.75) is 40.0 Å². The second-order valence-corrected chi connectivity index (χ2v) is 11.4. The quantitative estimate of drug-likeness (QED) is 0.246. The van der Waals surface area contributed by atoms with Crippen molar-refractivity contribution in [1.29, 1.82) is 0 Å². The molecule has 1 heterocycles. The fourth-order valence-corrected chi connectivity index (χ4v) is 4.50. The van der Waals surface area contributed by atoms with Gasteiger partial charge in [-0.25, -0.2) is 4.98 Å². The number of hydrogen-bond acceptors (Lipinski definition) is 6. The molecule has 0 fully saturated rings. The van der Waals surface area contributed by atoms with Crippen LogP contribution in [0.4, 0.5) is 22.9 Å². The molecule has 0 atom stereocenters. The Kier molecular flexibility index (Phi) is 8.51. The summed E-state index contributed by atoms with van der Waals surface area (Å²) in [6.45, 7) is 10.7. The normalized spacial score (nSPS) is 11.2. The molecule has 0 aliphatic rings. The Labute approximate surface area is 246 Å². The van der Waals surface area contributed by atoms with Crippen molar-refractivity contribution < 1.29 is 9.59 Å². The highest BCUT2D eigenvalue weighted by atomic mass is 16.2. The van der Waals surface area contributed by atoms with Gasteiger partial charge >= 0.3 is 0 Å². The fourth-order valence-electron chi connectivity index (χ4n) is 4.50. The van der Waals surface area contributed by atoms with Crippen LogP contribution in [-0.4, -0.2) is 39.9 Å². The average Bonchev–Trinajstić information content (AvgIpc) is 2.95. The van der Waals surface area contributed by atoms with Crippen LogP contribution in [0.25, 0.3) is 11.3 Å². The number of aryl methyl sites for hydroxylation is 1. The Morgan fingerprint density at radius 3 is 2.36 bits per heavy atom. The SMILES string of the molecule is CCN(C)C(=O)c1ccc(Nc2nc(-c3cccc(NC(=O)c4ccc(C(C)(C)C)cc4)c3C)cn(C)c2=O)cc1N. The molecule has 0 unspecified atom stereocenters. The zero-order valence-electron chi connectivity index (χ0n) is 25.2. The molecule has 218 valence electrons. The predicted octanol–water partition coefficient (Wildman–Crippen LogP) is 5.72. The number of hydrogen-bond donors (Lipinski definition) is 3. The summed E-state index contributed by atoms with van der Waals surface area (Å²) >= 11 is 0. The highest BCUT2D eigenvalue weighted by Gasteiger charge is 2.18. The number of nitrogen functional groups attached to an aromatic ring is 1. The van der Waals surface area contributed by atoms with Gasteiger partial charge < -0.3 is 25.8 Å². The van der Waals surface area contributed by atoms with E-state index in [0.29, 0.717) is 40.4 Å². The molecule has 2 amide bonds. The molecule has 4 N–H and O–H groups in total. The van der Waals surface area contributed by atoms with Gasteiger partial charge in [0.2, 0.25) is 0 Å². The van der Waals surface area contributed by atoms with E-state index in [1.54, 1.807) is 43.4 Å². The summed E-state index contributed by atoms with van der Waals surface area (Å²) in [4.78, 5) is 44.8. The van der Waals surface area contributed by atoms with Gasteiger partial charge in [0.05, 0.1) is 11.3 Å². The summed E-state index contributed by atoms with van der Waals surface area (Å²) in [5.41, 5.74) is 11.5. The molecule has 0 saturated carbocycles. The van der Waals surface area contributed by atoms with Gasteiger partial charge in [-0.05, 0) is 66.8 Å². The van der Waals surface area contributed by atoms with E-state index < -0.39 is 0 Å². The van der Waals surface area contributed by atoms with Crippen LogP contribution in [0, 0.1) is 6.92 Å². The van der Waals surface area contributed by atoms with Crippen molar-refractivity contribution in [2.24, 2.45) is 7.05 Å². The number of nitrogens with zero attached hydrogens (tertiary/aromatic N) is 3. The number of rotatable bonds is 7. The summed E-state index contributed by atoms with van der Waals surface area (Å²) < 4.78 is 1.45. The van der Waals surface area contributed by atoms with E-state index in [1.807, 2.05) is 56.3 Å². The third kappa shape index (κ3) is 6.35. The number of nitrogens with one attached hydrogen (secondary N) is 2. The zero-order valence-corrected chi connectivity index (χ0v) is 25.2. The van der Waals surface area contributed by atoms with Gasteiger partial charge in [0.15, 0.2) is 5.82 Å². The second-order valence-electron chi connectivity index (χ2n) is 11.4. The van der Waals surface area contributed by atoms with Crippen molar-refractivity contribution >= 4 is 34.7 Å². The summed E-state index contributed by atoms with van der Waals surface area (Å²) in [5.74, 6) is -0.287. The molecule has 0 saturated heterocycles. The van der Waals surface area contributed by atoms with Gasteiger partial charge in [-0.2, -0.15) is 0 Å². The first-order valence-corrected chi connectivity index (χ1v) is 13.8. The molecule has 4 rings (SSSR count). The molecule has 9 nitrogen and oxygen atoms in total. The van der Waals surface area contributed by atoms with Crippen molar-refractivity contribution in [3.63, 3.8) is 0 Å². The molecular formula is C33H38N6O3. The van der Waals surface area contributed by atoms with E-state index in [9.17, 15) is 14.4 Å². The Hall–Kier alpha value is -4.92. The summed E-state index contributed by atoms with van der Waals surface area (Å²) in [7, 11) is 3.36. The lowest BCUT2D eigenvalue weighted by Crippen LogP contribution is -2.27. The van der Waals surface area contributed by atoms with E-state index in [1.165, 1.54) is 4.57 Å². The minimum atomic E-state index is -0.330. The molecule has 4 aromatic rings. The zero-order chi connectivity index (χ0) is 30.8. The van der Waals surface area contributed by atoms with Crippen LogP contribution in [-0.2, 0) is 12.5 Å². The highest BCUT2D eigenvalue weighted by Crippen LogP contribution is 2.29. The van der Waals surface area contributed by atoms with Gasteiger partial charge in [0.25, 0.3) is 17.4 Å². The van der Waals surface area contributed by atoms with E-state index in [-0.39, 0.29) is 28.6 Å². The third-order valence-corrected chi connectivity index (χ3v) is 7.31. The summed E-state index contributed by atoms with van der Waals surface area (Å²) in [6, 6.07) is 18.1. The van der Waals surface area contributed by atoms with E-state index in [0.717, 1.165) is 16.7 Å². The van der Waals surface area contributed by atoms with Crippen LogP contribution in [0.15, 0.2) is 71.7 Å². The largest absolute Gasteiger partial charge is 0.398 e. The first kappa shape index (κ1) is 30.0. The van der Waals surface area contributed by atoms with Gasteiger partial charge in [-0.15, -0.1) is 0 Å². The number of aromatic nitrogens is 2. The number of carbonyl (C=O) groups is 2. The molecule has 0 radical (unpaired) electrons. The third-order valence-electron chi connectivity index (χ3n) is 7.31. The number of anilines is 4. The monoisotopic (exact) mass is 566 g/mol. The van der Waals surface area contributed by atoms with Gasteiger partial charge in [-0.1, -0.05) is 45.0 Å². The van der Waals surface area contributed by atoms with Gasteiger partial charge in [-0.3, -0.25) is 14.4 Å². The second kappa shape index (κ2) is 11.9. The predicted molar refractivity (Wildman–Crippen MR) is 170 cm³/mol. The highest BCUT2D eigenvalue weighted by molar-refractivity contribution is 6.05.